The average molecular weight is 336 g/mol. The summed E-state index contributed by atoms with van der Waals surface area (Å²) >= 11 is 0. The monoisotopic (exact) mass is 336 g/mol. The van der Waals surface area contributed by atoms with Crippen LogP contribution in [0, 0.1) is 5.92 Å². The Morgan fingerprint density at radius 3 is 2.28 bits per heavy atom. The maximum absolute atomic E-state index is 10.2. The molecule has 130 valence electrons. The number of rotatable bonds is 5. The summed E-state index contributed by atoms with van der Waals surface area (Å²) in [5, 5.41) is 14.4. The number of phenolic OH excluding ortho intramolecular Hbond substituents is 1. The van der Waals surface area contributed by atoms with E-state index in [0.29, 0.717) is 29.1 Å². The lowest BCUT2D eigenvalue weighted by atomic mass is 9.88. The molecule has 1 unspecified atom stereocenters. The largest absolute Gasteiger partial charge is 0.507 e. The van der Waals surface area contributed by atoms with Crippen LogP contribution in [-0.2, 0) is 0 Å². The van der Waals surface area contributed by atoms with E-state index < -0.39 is 0 Å². The van der Waals surface area contributed by atoms with Gasteiger partial charge in [0.25, 0.3) is 5.89 Å². The molecule has 0 saturated carbocycles. The Hall–Kier alpha value is -2.62. The van der Waals surface area contributed by atoms with Crippen LogP contribution in [0.15, 0.2) is 53.1 Å². The first kappa shape index (κ1) is 17.2. The molecule has 0 saturated heterocycles. The first-order valence-electron chi connectivity index (χ1n) is 8.69. The Morgan fingerprint density at radius 2 is 1.64 bits per heavy atom. The molecule has 2 aromatic carbocycles. The predicted octanol–water partition coefficient (Wildman–Crippen LogP) is 5.35. The number of aromatic nitrogens is 2. The SMILES string of the molecule is CC(C)c1ccc(O)c(-c2nc(C(c3ccccc3)C(C)C)no2)c1. The minimum Gasteiger partial charge on any atom is -0.507 e. The minimum atomic E-state index is 0.0501. The van der Waals surface area contributed by atoms with Gasteiger partial charge in [0.2, 0.25) is 0 Å². The smallest absolute Gasteiger partial charge is 0.261 e. The van der Waals surface area contributed by atoms with E-state index in [4.69, 9.17) is 4.52 Å². The van der Waals surface area contributed by atoms with Crippen molar-refractivity contribution in [2.45, 2.75) is 39.5 Å². The van der Waals surface area contributed by atoms with Crippen molar-refractivity contribution in [1.29, 1.82) is 0 Å². The Morgan fingerprint density at radius 1 is 0.920 bits per heavy atom. The summed E-state index contributed by atoms with van der Waals surface area (Å²) < 4.78 is 5.50. The van der Waals surface area contributed by atoms with Crippen LogP contribution in [0.5, 0.6) is 5.75 Å². The summed E-state index contributed by atoms with van der Waals surface area (Å²) in [5.74, 6) is 1.88. The van der Waals surface area contributed by atoms with E-state index in [1.807, 2.05) is 30.3 Å². The Kier molecular flexibility index (Phi) is 4.88. The molecular formula is C21H24N2O2. The number of nitrogens with zero attached hydrogens (tertiary/aromatic N) is 2. The molecule has 3 aromatic rings. The van der Waals surface area contributed by atoms with Gasteiger partial charge in [0, 0.05) is 5.92 Å². The summed E-state index contributed by atoms with van der Waals surface area (Å²) in [6.45, 7) is 8.51. The van der Waals surface area contributed by atoms with Crippen LogP contribution >= 0.6 is 0 Å². The average Bonchev–Trinajstić information content (AvgIpc) is 3.05. The molecule has 1 aromatic heterocycles. The van der Waals surface area contributed by atoms with Crippen molar-refractivity contribution in [3.63, 3.8) is 0 Å². The molecule has 0 aliphatic carbocycles. The second-order valence-corrected chi connectivity index (χ2v) is 7.02. The molecule has 1 heterocycles. The molecular weight excluding hydrogens is 312 g/mol. The second kappa shape index (κ2) is 7.09. The van der Waals surface area contributed by atoms with Gasteiger partial charge in [-0.05, 0) is 35.1 Å². The van der Waals surface area contributed by atoms with E-state index in [-0.39, 0.29) is 11.7 Å². The minimum absolute atomic E-state index is 0.0501. The van der Waals surface area contributed by atoms with Crippen molar-refractivity contribution in [2.75, 3.05) is 0 Å². The topological polar surface area (TPSA) is 59.2 Å². The highest BCUT2D eigenvalue weighted by molar-refractivity contribution is 5.63. The van der Waals surface area contributed by atoms with Crippen molar-refractivity contribution >= 4 is 0 Å². The first-order valence-corrected chi connectivity index (χ1v) is 8.69. The summed E-state index contributed by atoms with van der Waals surface area (Å²) in [5.41, 5.74) is 2.86. The van der Waals surface area contributed by atoms with Gasteiger partial charge in [-0.15, -0.1) is 0 Å². The molecule has 4 heteroatoms. The number of hydrogen-bond acceptors (Lipinski definition) is 4. The van der Waals surface area contributed by atoms with Crippen molar-refractivity contribution in [1.82, 2.24) is 10.1 Å². The van der Waals surface area contributed by atoms with Gasteiger partial charge in [0.05, 0.1) is 5.56 Å². The second-order valence-electron chi connectivity index (χ2n) is 7.02. The fourth-order valence-electron chi connectivity index (χ4n) is 3.05. The van der Waals surface area contributed by atoms with Crippen molar-refractivity contribution < 1.29 is 9.63 Å². The third-order valence-corrected chi connectivity index (χ3v) is 4.46. The first-order chi connectivity index (χ1) is 12.0. The molecule has 4 nitrogen and oxygen atoms in total. The molecule has 0 radical (unpaired) electrons. The molecule has 0 aliphatic heterocycles. The third kappa shape index (κ3) is 3.58. The van der Waals surface area contributed by atoms with E-state index in [1.54, 1.807) is 6.07 Å². The highest BCUT2D eigenvalue weighted by Gasteiger charge is 2.25. The van der Waals surface area contributed by atoms with Crippen molar-refractivity contribution in [3.05, 3.63) is 65.5 Å². The van der Waals surface area contributed by atoms with E-state index >= 15 is 0 Å². The summed E-state index contributed by atoms with van der Waals surface area (Å²) in [7, 11) is 0. The zero-order chi connectivity index (χ0) is 18.0. The van der Waals surface area contributed by atoms with Crippen LogP contribution in [-0.4, -0.2) is 15.2 Å². The van der Waals surface area contributed by atoms with Crippen LogP contribution < -0.4 is 0 Å². The third-order valence-electron chi connectivity index (χ3n) is 4.46. The van der Waals surface area contributed by atoms with Gasteiger partial charge in [-0.2, -0.15) is 4.98 Å². The standard InChI is InChI=1S/C21H24N2O2/c1-13(2)16-10-11-18(24)17(12-16)21-22-20(23-25-21)19(14(3)4)15-8-6-5-7-9-15/h5-14,19,24H,1-4H3. The molecule has 0 amide bonds. The number of phenols is 1. The maximum Gasteiger partial charge on any atom is 0.261 e. The Labute approximate surface area is 148 Å². The van der Waals surface area contributed by atoms with Crippen molar-refractivity contribution in [2.24, 2.45) is 5.92 Å². The molecule has 1 N–H and O–H groups in total. The van der Waals surface area contributed by atoms with E-state index in [2.05, 4.69) is 50.0 Å². The van der Waals surface area contributed by atoms with Gasteiger partial charge < -0.3 is 9.63 Å². The highest BCUT2D eigenvalue weighted by Crippen LogP contribution is 2.34. The van der Waals surface area contributed by atoms with E-state index in [1.165, 1.54) is 0 Å². The van der Waals surface area contributed by atoms with Gasteiger partial charge >= 0.3 is 0 Å². The van der Waals surface area contributed by atoms with Gasteiger partial charge in [-0.1, -0.05) is 69.2 Å². The quantitative estimate of drug-likeness (QED) is 0.682. The lowest BCUT2D eigenvalue weighted by Crippen LogP contribution is -2.10. The highest BCUT2D eigenvalue weighted by atomic mass is 16.5. The fourth-order valence-corrected chi connectivity index (χ4v) is 3.05. The van der Waals surface area contributed by atoms with Crippen LogP contribution in [0.1, 0.15) is 56.5 Å². The zero-order valence-corrected chi connectivity index (χ0v) is 15.1. The molecule has 0 fully saturated rings. The summed E-state index contributed by atoms with van der Waals surface area (Å²) in [4.78, 5) is 4.60. The molecule has 0 bridgehead atoms. The van der Waals surface area contributed by atoms with Crippen LogP contribution in [0.25, 0.3) is 11.5 Å². The maximum atomic E-state index is 10.2. The number of benzene rings is 2. The predicted molar refractivity (Wildman–Crippen MR) is 98.6 cm³/mol. The summed E-state index contributed by atoms with van der Waals surface area (Å²) in [6.07, 6.45) is 0. The van der Waals surface area contributed by atoms with E-state index in [9.17, 15) is 5.11 Å². The van der Waals surface area contributed by atoms with Crippen LogP contribution in [0.4, 0.5) is 0 Å². The van der Waals surface area contributed by atoms with Gasteiger partial charge in [-0.3, -0.25) is 0 Å². The molecule has 0 spiro atoms. The van der Waals surface area contributed by atoms with Gasteiger partial charge in [0.1, 0.15) is 5.75 Å². The zero-order valence-electron chi connectivity index (χ0n) is 15.1. The summed E-state index contributed by atoms with van der Waals surface area (Å²) in [6, 6.07) is 15.7. The van der Waals surface area contributed by atoms with E-state index in [0.717, 1.165) is 11.1 Å². The molecule has 0 aliphatic rings. The lowest BCUT2D eigenvalue weighted by molar-refractivity contribution is 0.406. The van der Waals surface area contributed by atoms with Gasteiger partial charge in [-0.25, -0.2) is 0 Å². The molecule has 1 atom stereocenters. The Bertz CT molecular complexity index is 838. The lowest BCUT2D eigenvalue weighted by Gasteiger charge is -2.17. The molecule has 3 rings (SSSR count). The fraction of sp³-hybridized carbons (Fsp3) is 0.333. The van der Waals surface area contributed by atoms with Crippen molar-refractivity contribution in [3.8, 4) is 17.2 Å². The number of aromatic hydroxyl groups is 1. The normalized spacial score (nSPS) is 12.7. The van der Waals surface area contributed by atoms with Crippen LogP contribution in [0.3, 0.4) is 0 Å². The Balaban J connectivity index is 2.01. The van der Waals surface area contributed by atoms with Gasteiger partial charge in [0.15, 0.2) is 5.82 Å². The molecule has 25 heavy (non-hydrogen) atoms. The van der Waals surface area contributed by atoms with Crippen LogP contribution in [0.2, 0.25) is 0 Å². The number of hydrogen-bond donors (Lipinski definition) is 1.